The number of rotatable bonds is 4. The van der Waals surface area contributed by atoms with Gasteiger partial charge in [0, 0.05) is 11.8 Å². The number of nitrogens with one attached hydrogen (secondary N) is 1. The molecule has 0 aromatic rings. The van der Waals surface area contributed by atoms with Gasteiger partial charge in [0.1, 0.15) is 0 Å². The van der Waals surface area contributed by atoms with Crippen LogP contribution >= 0.6 is 0 Å². The van der Waals surface area contributed by atoms with Crippen LogP contribution in [0.25, 0.3) is 0 Å². The molecule has 0 saturated carbocycles. The third kappa shape index (κ3) is 3.53. The SMILES string of the molecule is CC([C]=O)=CNC(C)(C)C(C)O. The Kier molecular flexibility index (Phi) is 3.96. The zero-order valence-corrected chi connectivity index (χ0v) is 8.01. The van der Waals surface area contributed by atoms with Crippen LogP contribution in [0.2, 0.25) is 0 Å². The van der Waals surface area contributed by atoms with Crippen LogP contribution in [0.15, 0.2) is 11.8 Å². The Morgan fingerprint density at radius 3 is 2.50 bits per heavy atom. The molecule has 69 valence electrons. The predicted molar refractivity (Wildman–Crippen MR) is 48.3 cm³/mol. The Bertz CT molecular complexity index is 183. The number of allylic oxidation sites excluding steroid dienone is 1. The first-order chi connectivity index (χ1) is 5.40. The summed E-state index contributed by atoms with van der Waals surface area (Å²) in [5, 5.41) is 12.2. The Morgan fingerprint density at radius 1 is 1.67 bits per heavy atom. The molecule has 12 heavy (non-hydrogen) atoms. The maximum Gasteiger partial charge on any atom is 0.230 e. The molecule has 3 nitrogen and oxygen atoms in total. The zero-order valence-electron chi connectivity index (χ0n) is 8.01. The molecule has 0 fully saturated rings. The fourth-order valence-corrected chi connectivity index (χ4v) is 0.444. The summed E-state index contributed by atoms with van der Waals surface area (Å²) >= 11 is 0. The van der Waals surface area contributed by atoms with Gasteiger partial charge in [0.15, 0.2) is 0 Å². The Hall–Kier alpha value is -0.830. The smallest absolute Gasteiger partial charge is 0.230 e. The molecule has 1 atom stereocenters. The van der Waals surface area contributed by atoms with Crippen molar-refractivity contribution in [3.05, 3.63) is 11.8 Å². The third-order valence-electron chi connectivity index (χ3n) is 1.87. The minimum atomic E-state index is -0.479. The summed E-state index contributed by atoms with van der Waals surface area (Å²) in [5.41, 5.74) is 0.0710. The van der Waals surface area contributed by atoms with Gasteiger partial charge in [-0.3, -0.25) is 4.79 Å². The lowest BCUT2D eigenvalue weighted by molar-refractivity contribution is 0.106. The standard InChI is InChI=1S/C9H16NO2/c1-7(6-11)5-10-9(3,4)8(2)12/h5,8,10,12H,1-4H3. The molecule has 0 spiro atoms. The molecule has 2 N–H and O–H groups in total. The molecule has 0 aliphatic rings. The maximum absolute atomic E-state index is 10.1. The Morgan fingerprint density at radius 2 is 2.17 bits per heavy atom. The van der Waals surface area contributed by atoms with E-state index in [2.05, 4.69) is 5.32 Å². The first kappa shape index (κ1) is 11.2. The van der Waals surface area contributed by atoms with E-state index in [0.717, 1.165) is 0 Å². The maximum atomic E-state index is 10.1. The van der Waals surface area contributed by atoms with Crippen molar-refractivity contribution in [3.63, 3.8) is 0 Å². The largest absolute Gasteiger partial charge is 0.391 e. The predicted octanol–water partition coefficient (Wildman–Crippen LogP) is 0.749. The lowest BCUT2D eigenvalue weighted by atomic mass is 9.99. The minimum absolute atomic E-state index is 0.419. The lowest BCUT2D eigenvalue weighted by Crippen LogP contribution is -2.45. The molecule has 0 bridgehead atoms. The van der Waals surface area contributed by atoms with Crippen molar-refractivity contribution in [1.82, 2.24) is 5.32 Å². The molecular weight excluding hydrogens is 154 g/mol. The third-order valence-corrected chi connectivity index (χ3v) is 1.87. The summed E-state index contributed by atoms with van der Waals surface area (Å²) in [7, 11) is 0. The van der Waals surface area contributed by atoms with Crippen LogP contribution in [-0.4, -0.2) is 23.0 Å². The zero-order chi connectivity index (χ0) is 9.78. The normalized spacial score (nSPS) is 15.6. The van der Waals surface area contributed by atoms with E-state index in [1.807, 2.05) is 13.8 Å². The first-order valence-corrected chi connectivity index (χ1v) is 3.91. The van der Waals surface area contributed by atoms with Crippen molar-refractivity contribution in [2.75, 3.05) is 0 Å². The fraction of sp³-hybridized carbons (Fsp3) is 0.667. The van der Waals surface area contributed by atoms with Crippen molar-refractivity contribution >= 4 is 6.29 Å². The molecule has 0 aliphatic carbocycles. The molecule has 0 amide bonds. The molecule has 0 heterocycles. The van der Waals surface area contributed by atoms with Gasteiger partial charge in [-0.2, -0.15) is 0 Å². The topological polar surface area (TPSA) is 49.3 Å². The number of aliphatic hydroxyl groups is 1. The average Bonchev–Trinajstić information content (AvgIpc) is 2.00. The van der Waals surface area contributed by atoms with Gasteiger partial charge in [-0.15, -0.1) is 0 Å². The van der Waals surface area contributed by atoms with Crippen LogP contribution in [0.5, 0.6) is 0 Å². The number of hydrogen-bond acceptors (Lipinski definition) is 3. The second kappa shape index (κ2) is 4.26. The van der Waals surface area contributed by atoms with Crippen LogP contribution in [-0.2, 0) is 4.79 Å². The van der Waals surface area contributed by atoms with Gasteiger partial charge in [0.25, 0.3) is 0 Å². The number of carbonyl (C=O) groups excluding carboxylic acids is 1. The molecule has 0 rings (SSSR count). The fourth-order valence-electron chi connectivity index (χ4n) is 0.444. The van der Waals surface area contributed by atoms with E-state index in [9.17, 15) is 9.90 Å². The molecular formula is C9H16NO2. The van der Waals surface area contributed by atoms with E-state index in [0.29, 0.717) is 5.57 Å². The lowest BCUT2D eigenvalue weighted by Gasteiger charge is -2.28. The van der Waals surface area contributed by atoms with E-state index in [1.165, 1.54) is 0 Å². The highest BCUT2D eigenvalue weighted by atomic mass is 16.3. The van der Waals surface area contributed by atoms with Gasteiger partial charge in [-0.05, 0) is 27.7 Å². The van der Waals surface area contributed by atoms with Crippen molar-refractivity contribution in [1.29, 1.82) is 0 Å². The van der Waals surface area contributed by atoms with Crippen molar-refractivity contribution in [2.24, 2.45) is 0 Å². The van der Waals surface area contributed by atoms with E-state index in [1.54, 1.807) is 26.3 Å². The molecule has 0 aromatic heterocycles. The average molecular weight is 170 g/mol. The van der Waals surface area contributed by atoms with Gasteiger partial charge < -0.3 is 10.4 Å². The molecule has 1 unspecified atom stereocenters. The van der Waals surface area contributed by atoms with Gasteiger partial charge in [0.05, 0.1) is 11.6 Å². The second-order valence-electron chi connectivity index (χ2n) is 3.47. The monoisotopic (exact) mass is 170 g/mol. The van der Waals surface area contributed by atoms with Gasteiger partial charge in [0.2, 0.25) is 6.29 Å². The summed E-state index contributed by atoms with van der Waals surface area (Å²) in [6.07, 6.45) is 2.82. The highest BCUT2D eigenvalue weighted by Gasteiger charge is 2.21. The molecule has 0 saturated heterocycles. The van der Waals surface area contributed by atoms with E-state index >= 15 is 0 Å². The van der Waals surface area contributed by atoms with Crippen LogP contribution in [0.3, 0.4) is 0 Å². The quantitative estimate of drug-likeness (QED) is 0.612. The van der Waals surface area contributed by atoms with Crippen LogP contribution in [0.1, 0.15) is 27.7 Å². The number of aliphatic hydroxyl groups excluding tert-OH is 1. The Labute approximate surface area is 73.5 Å². The Balaban J connectivity index is 4.16. The van der Waals surface area contributed by atoms with Gasteiger partial charge in [-0.1, -0.05) is 0 Å². The van der Waals surface area contributed by atoms with Crippen LogP contribution < -0.4 is 5.32 Å². The summed E-state index contributed by atoms with van der Waals surface area (Å²) in [6.45, 7) is 7.05. The van der Waals surface area contributed by atoms with E-state index < -0.39 is 11.6 Å². The summed E-state index contributed by atoms with van der Waals surface area (Å²) in [5.74, 6) is 0. The van der Waals surface area contributed by atoms with Gasteiger partial charge >= 0.3 is 0 Å². The highest BCUT2D eigenvalue weighted by molar-refractivity contribution is 5.72. The molecule has 0 aliphatic heterocycles. The molecule has 0 aromatic carbocycles. The molecule has 3 heteroatoms. The summed E-state index contributed by atoms with van der Waals surface area (Å²) < 4.78 is 0. The van der Waals surface area contributed by atoms with E-state index in [4.69, 9.17) is 0 Å². The van der Waals surface area contributed by atoms with Crippen molar-refractivity contribution < 1.29 is 9.90 Å². The van der Waals surface area contributed by atoms with Gasteiger partial charge in [-0.25, -0.2) is 0 Å². The summed E-state index contributed by atoms with van der Waals surface area (Å²) in [6, 6.07) is 0. The van der Waals surface area contributed by atoms with Crippen molar-refractivity contribution in [2.45, 2.75) is 39.3 Å². The minimum Gasteiger partial charge on any atom is -0.391 e. The van der Waals surface area contributed by atoms with Crippen molar-refractivity contribution in [3.8, 4) is 0 Å². The highest BCUT2D eigenvalue weighted by Crippen LogP contribution is 2.08. The van der Waals surface area contributed by atoms with Crippen LogP contribution in [0, 0.1) is 0 Å². The van der Waals surface area contributed by atoms with E-state index in [-0.39, 0.29) is 0 Å². The second-order valence-corrected chi connectivity index (χ2v) is 3.47. The summed E-state index contributed by atoms with van der Waals surface area (Å²) in [4.78, 5) is 10.1. The molecule has 1 radical (unpaired) electrons. The van der Waals surface area contributed by atoms with Crippen LogP contribution in [0.4, 0.5) is 0 Å². The number of hydrogen-bond donors (Lipinski definition) is 2. The first-order valence-electron chi connectivity index (χ1n) is 3.91.